The lowest BCUT2D eigenvalue weighted by atomic mass is 10.2. The van der Waals surface area contributed by atoms with Crippen LogP contribution in [-0.4, -0.2) is 28.1 Å². The van der Waals surface area contributed by atoms with Gasteiger partial charge in [0, 0.05) is 12.6 Å². The van der Waals surface area contributed by atoms with Crippen LogP contribution in [0.2, 0.25) is 0 Å². The summed E-state index contributed by atoms with van der Waals surface area (Å²) in [5.74, 6) is 5.56. The smallest absolute Gasteiger partial charge is 0.178 e. The van der Waals surface area contributed by atoms with Gasteiger partial charge in [-0.25, -0.2) is 4.98 Å². The molecule has 0 aromatic carbocycles. The minimum Gasteiger partial charge on any atom is -0.382 e. The summed E-state index contributed by atoms with van der Waals surface area (Å²) < 4.78 is 0. The third-order valence-corrected chi connectivity index (χ3v) is 2.92. The molecule has 2 aromatic heterocycles. The van der Waals surface area contributed by atoms with E-state index in [0.717, 1.165) is 11.4 Å². The van der Waals surface area contributed by atoms with Gasteiger partial charge >= 0.3 is 0 Å². The molecule has 0 N–H and O–H groups in total. The van der Waals surface area contributed by atoms with Crippen LogP contribution in [0.25, 0.3) is 0 Å². The number of hydrogen-bond donors (Lipinski definition) is 0. The molecule has 2 heterocycles. The highest BCUT2D eigenvalue weighted by molar-refractivity contribution is 5.96. The molecule has 0 aliphatic heterocycles. The molecule has 0 spiro atoms. The van der Waals surface area contributed by atoms with Crippen molar-refractivity contribution in [1.82, 2.24) is 9.97 Å². The van der Waals surface area contributed by atoms with Crippen LogP contribution in [0.3, 0.4) is 0 Å². The number of carbonyl (C=O) groups is 1. The molecule has 0 saturated heterocycles. The summed E-state index contributed by atoms with van der Waals surface area (Å²) in [5.41, 5.74) is 3.31. The Kier molecular flexibility index (Phi) is 5.59. The molecule has 0 amide bonds. The fraction of sp³-hybridized carbons (Fsp3) is 0.222. The van der Waals surface area contributed by atoms with Gasteiger partial charge < -0.3 is 4.84 Å². The lowest BCUT2D eigenvalue weighted by Gasteiger charge is -2.00. The van der Waals surface area contributed by atoms with E-state index in [1.165, 1.54) is 6.92 Å². The molecule has 0 atom stereocenters. The van der Waals surface area contributed by atoms with Crippen LogP contribution in [0.1, 0.15) is 41.4 Å². The number of Topliss-reactive ketones (excluding diaryl/α,β-unsaturated/α-hetero) is 1. The van der Waals surface area contributed by atoms with E-state index in [9.17, 15) is 4.79 Å². The van der Waals surface area contributed by atoms with E-state index in [1.807, 2.05) is 32.0 Å². The van der Waals surface area contributed by atoms with Crippen molar-refractivity contribution >= 4 is 11.5 Å². The summed E-state index contributed by atoms with van der Waals surface area (Å²) in [5, 5.41) is 3.99. The topological polar surface area (TPSA) is 64.4 Å². The Morgan fingerprint density at radius 2 is 1.87 bits per heavy atom. The molecule has 5 nitrogen and oxygen atoms in total. The zero-order valence-electron chi connectivity index (χ0n) is 13.3. The highest BCUT2D eigenvalue weighted by atomic mass is 16.6. The Hall–Kier alpha value is -3.00. The van der Waals surface area contributed by atoms with Crippen LogP contribution in [0, 0.1) is 18.8 Å². The van der Waals surface area contributed by atoms with Crippen molar-refractivity contribution in [2.75, 3.05) is 6.61 Å². The predicted molar refractivity (Wildman–Crippen MR) is 88.3 cm³/mol. The summed E-state index contributed by atoms with van der Waals surface area (Å²) >= 11 is 0. The van der Waals surface area contributed by atoms with Crippen molar-refractivity contribution in [3.8, 4) is 11.8 Å². The van der Waals surface area contributed by atoms with Gasteiger partial charge in [0.05, 0.1) is 5.69 Å². The lowest BCUT2D eigenvalue weighted by Crippen LogP contribution is -2.01. The average molecular weight is 307 g/mol. The van der Waals surface area contributed by atoms with Crippen molar-refractivity contribution in [1.29, 1.82) is 0 Å². The van der Waals surface area contributed by atoms with E-state index in [0.29, 0.717) is 17.1 Å². The molecule has 0 aliphatic carbocycles. The summed E-state index contributed by atoms with van der Waals surface area (Å²) in [4.78, 5) is 24.9. The van der Waals surface area contributed by atoms with Crippen molar-refractivity contribution in [3.05, 3.63) is 59.2 Å². The second-order valence-corrected chi connectivity index (χ2v) is 4.88. The van der Waals surface area contributed by atoms with Gasteiger partial charge in [0.25, 0.3) is 0 Å². The molecule has 23 heavy (non-hydrogen) atoms. The third-order valence-electron chi connectivity index (χ3n) is 2.92. The van der Waals surface area contributed by atoms with Gasteiger partial charge in [-0.15, -0.1) is 0 Å². The van der Waals surface area contributed by atoms with E-state index < -0.39 is 0 Å². The van der Waals surface area contributed by atoms with E-state index in [4.69, 9.17) is 4.84 Å². The number of carbonyl (C=O) groups excluding carboxylic acids is 1. The molecule has 0 fully saturated rings. The zero-order valence-corrected chi connectivity index (χ0v) is 13.3. The average Bonchev–Trinajstić information content (AvgIpc) is 2.54. The SMILES string of the molecule is CC(=O)c1cccc(C#CCON=C(C)c2cccc(C)n2)n1. The molecule has 5 heteroatoms. The number of rotatable bonds is 4. The summed E-state index contributed by atoms with van der Waals surface area (Å²) in [6.45, 7) is 5.35. The first-order valence-electron chi connectivity index (χ1n) is 7.13. The maximum atomic E-state index is 11.2. The van der Waals surface area contributed by atoms with Gasteiger partial charge in [-0.3, -0.25) is 9.78 Å². The van der Waals surface area contributed by atoms with Crippen LogP contribution in [0.15, 0.2) is 41.6 Å². The van der Waals surface area contributed by atoms with Crippen molar-refractivity contribution < 1.29 is 9.63 Å². The highest BCUT2D eigenvalue weighted by Crippen LogP contribution is 2.01. The summed E-state index contributed by atoms with van der Waals surface area (Å²) in [6.07, 6.45) is 0. The first-order chi connectivity index (χ1) is 11.1. The van der Waals surface area contributed by atoms with Gasteiger partial charge in [0.1, 0.15) is 17.1 Å². The normalized spacial score (nSPS) is 10.7. The molecule has 0 aliphatic rings. The van der Waals surface area contributed by atoms with E-state index in [1.54, 1.807) is 18.2 Å². The van der Waals surface area contributed by atoms with Gasteiger partial charge in [0.15, 0.2) is 12.4 Å². The van der Waals surface area contributed by atoms with E-state index >= 15 is 0 Å². The molecular weight excluding hydrogens is 290 g/mol. The molecule has 2 aromatic rings. The Labute approximate surface area is 135 Å². The Morgan fingerprint density at radius 1 is 1.13 bits per heavy atom. The van der Waals surface area contributed by atoms with Crippen molar-refractivity contribution in [3.63, 3.8) is 0 Å². The van der Waals surface area contributed by atoms with E-state index in [2.05, 4.69) is 27.0 Å². The fourth-order valence-electron chi connectivity index (χ4n) is 1.78. The predicted octanol–water partition coefficient (Wildman–Crippen LogP) is 2.78. The molecule has 0 saturated carbocycles. The highest BCUT2D eigenvalue weighted by Gasteiger charge is 2.00. The molecule has 0 unspecified atom stereocenters. The first-order valence-corrected chi connectivity index (χ1v) is 7.13. The molecular formula is C18H17N3O2. The maximum Gasteiger partial charge on any atom is 0.178 e. The van der Waals surface area contributed by atoms with Gasteiger partial charge in [0.2, 0.25) is 0 Å². The third kappa shape index (κ3) is 5.04. The fourth-order valence-corrected chi connectivity index (χ4v) is 1.78. The van der Waals surface area contributed by atoms with Crippen LogP contribution in [0.5, 0.6) is 0 Å². The largest absolute Gasteiger partial charge is 0.382 e. The number of pyridine rings is 2. The van der Waals surface area contributed by atoms with Crippen LogP contribution >= 0.6 is 0 Å². The number of nitrogens with zero attached hydrogens (tertiary/aromatic N) is 3. The summed E-state index contributed by atoms with van der Waals surface area (Å²) in [7, 11) is 0. The monoisotopic (exact) mass is 307 g/mol. The molecule has 116 valence electrons. The maximum absolute atomic E-state index is 11.2. The number of aromatic nitrogens is 2. The lowest BCUT2D eigenvalue weighted by molar-refractivity contribution is 0.101. The standard InChI is InChI=1S/C18H17N3O2/c1-13-7-4-10-17(19-13)14(2)21-23-12-6-9-16-8-5-11-18(20-16)15(3)22/h4-5,7-8,10-11H,12H2,1-3H3. The van der Waals surface area contributed by atoms with Crippen LogP contribution in [0.4, 0.5) is 0 Å². The quantitative estimate of drug-likeness (QED) is 0.286. The number of ketones is 1. The second kappa shape index (κ2) is 7.85. The van der Waals surface area contributed by atoms with Gasteiger partial charge in [-0.2, -0.15) is 0 Å². The Bertz CT molecular complexity index is 801. The zero-order chi connectivity index (χ0) is 16.7. The molecule has 0 radical (unpaired) electrons. The molecule has 2 rings (SSSR count). The van der Waals surface area contributed by atoms with Gasteiger partial charge in [-0.05, 0) is 44.0 Å². The Balaban J connectivity index is 1.94. The van der Waals surface area contributed by atoms with E-state index in [-0.39, 0.29) is 12.4 Å². The van der Waals surface area contributed by atoms with Crippen LogP contribution < -0.4 is 0 Å². The number of hydrogen-bond acceptors (Lipinski definition) is 5. The van der Waals surface area contributed by atoms with Crippen molar-refractivity contribution in [2.24, 2.45) is 5.16 Å². The first kappa shape index (κ1) is 16.4. The summed E-state index contributed by atoms with van der Waals surface area (Å²) in [6, 6.07) is 10.9. The minimum atomic E-state index is -0.0872. The Morgan fingerprint density at radius 3 is 2.61 bits per heavy atom. The number of oxime groups is 1. The number of aryl methyl sites for hydroxylation is 1. The molecule has 0 bridgehead atoms. The van der Waals surface area contributed by atoms with Crippen LogP contribution in [-0.2, 0) is 4.84 Å². The second-order valence-electron chi connectivity index (χ2n) is 4.88. The van der Waals surface area contributed by atoms with Gasteiger partial charge in [-0.1, -0.05) is 23.2 Å². The van der Waals surface area contributed by atoms with Crippen molar-refractivity contribution in [2.45, 2.75) is 20.8 Å². The minimum absolute atomic E-state index is 0.0872.